The number of ether oxygens (including phenoxy) is 1. The van der Waals surface area contributed by atoms with Gasteiger partial charge in [0.05, 0.1) is 18.3 Å². The summed E-state index contributed by atoms with van der Waals surface area (Å²) in [6, 6.07) is 14.1. The van der Waals surface area contributed by atoms with E-state index in [0.29, 0.717) is 28.2 Å². The van der Waals surface area contributed by atoms with Gasteiger partial charge in [-0.1, -0.05) is 6.07 Å². The smallest absolute Gasteiger partial charge is 0.255 e. The van der Waals surface area contributed by atoms with Gasteiger partial charge in [0.25, 0.3) is 5.91 Å². The van der Waals surface area contributed by atoms with E-state index in [1.165, 1.54) is 0 Å². The molecule has 3 aromatic rings. The highest BCUT2D eigenvalue weighted by Gasteiger charge is 2.11. The van der Waals surface area contributed by atoms with Crippen LogP contribution < -0.4 is 15.8 Å². The number of hydrogen-bond acceptors (Lipinski definition) is 4. The molecule has 0 aliphatic heterocycles. The van der Waals surface area contributed by atoms with Gasteiger partial charge in [-0.3, -0.25) is 9.78 Å². The fourth-order valence-corrected chi connectivity index (χ4v) is 2.21. The quantitative estimate of drug-likeness (QED) is 0.727. The Labute approximate surface area is 127 Å². The Morgan fingerprint density at radius 3 is 2.68 bits per heavy atom. The number of pyridine rings is 1. The molecule has 5 nitrogen and oxygen atoms in total. The fraction of sp³-hybridized carbons (Fsp3) is 0.0588. The predicted molar refractivity (Wildman–Crippen MR) is 87.1 cm³/mol. The fourth-order valence-electron chi connectivity index (χ4n) is 2.21. The Kier molecular flexibility index (Phi) is 3.62. The number of hydrogen-bond donors (Lipinski definition) is 2. The van der Waals surface area contributed by atoms with Crippen molar-refractivity contribution in [3.05, 3.63) is 60.3 Å². The zero-order valence-electron chi connectivity index (χ0n) is 12.0. The Morgan fingerprint density at radius 1 is 1.18 bits per heavy atom. The molecule has 0 aliphatic rings. The summed E-state index contributed by atoms with van der Waals surface area (Å²) in [5.74, 6) is 0.438. The van der Waals surface area contributed by atoms with E-state index in [4.69, 9.17) is 10.5 Å². The lowest BCUT2D eigenvalue weighted by molar-refractivity contribution is 0.102. The highest BCUT2D eigenvalue weighted by atomic mass is 16.5. The van der Waals surface area contributed by atoms with Gasteiger partial charge >= 0.3 is 0 Å². The third kappa shape index (κ3) is 2.69. The number of anilines is 2. The van der Waals surface area contributed by atoms with E-state index in [1.54, 1.807) is 43.6 Å². The van der Waals surface area contributed by atoms with E-state index >= 15 is 0 Å². The van der Waals surface area contributed by atoms with E-state index < -0.39 is 0 Å². The van der Waals surface area contributed by atoms with E-state index in [2.05, 4.69) is 10.3 Å². The highest BCUT2D eigenvalue weighted by molar-refractivity contribution is 6.08. The first kappa shape index (κ1) is 13.9. The number of aromatic nitrogens is 1. The number of nitrogens with two attached hydrogens (primary N) is 1. The van der Waals surface area contributed by atoms with Crippen molar-refractivity contribution in [2.75, 3.05) is 18.2 Å². The van der Waals surface area contributed by atoms with E-state index in [9.17, 15) is 4.79 Å². The van der Waals surface area contributed by atoms with Gasteiger partial charge in [0.1, 0.15) is 5.75 Å². The number of methoxy groups -OCH3 is 1. The molecule has 0 unspecified atom stereocenters. The Hall–Kier alpha value is -3.08. The van der Waals surface area contributed by atoms with E-state index in [0.717, 1.165) is 5.39 Å². The summed E-state index contributed by atoms with van der Waals surface area (Å²) in [6.07, 6.45) is 1.69. The lowest BCUT2D eigenvalue weighted by Gasteiger charge is -2.10. The lowest BCUT2D eigenvalue weighted by atomic mass is 10.1. The maximum atomic E-state index is 12.3. The minimum Gasteiger partial charge on any atom is -0.497 e. The molecule has 1 heterocycles. The molecule has 0 atom stereocenters. The van der Waals surface area contributed by atoms with E-state index in [-0.39, 0.29) is 5.91 Å². The van der Waals surface area contributed by atoms with Crippen LogP contribution in [0.2, 0.25) is 0 Å². The first-order valence-corrected chi connectivity index (χ1v) is 6.77. The molecule has 0 spiro atoms. The number of carbonyl (C=O) groups excluding carboxylic acids is 1. The standard InChI is InChI=1S/C17H15N3O2/c1-22-14-9-12-3-2-8-19-16(12)15(10-14)20-17(21)11-4-6-13(18)7-5-11/h2-10H,18H2,1H3,(H,20,21). The van der Waals surface area contributed by atoms with Gasteiger partial charge in [-0.15, -0.1) is 0 Å². The summed E-state index contributed by atoms with van der Waals surface area (Å²) in [5, 5.41) is 3.77. The molecule has 0 fully saturated rings. The Morgan fingerprint density at radius 2 is 1.95 bits per heavy atom. The van der Waals surface area contributed by atoms with Gasteiger partial charge in [-0.05, 0) is 36.4 Å². The number of carbonyl (C=O) groups is 1. The molecule has 0 radical (unpaired) electrons. The summed E-state index contributed by atoms with van der Waals surface area (Å²) in [6.45, 7) is 0. The number of nitrogen functional groups attached to an aromatic ring is 1. The second-order valence-electron chi connectivity index (χ2n) is 4.83. The molecule has 0 bridgehead atoms. The van der Waals surface area contributed by atoms with Gasteiger partial charge in [-0.25, -0.2) is 0 Å². The van der Waals surface area contributed by atoms with Crippen LogP contribution in [0.5, 0.6) is 5.75 Å². The molecular weight excluding hydrogens is 278 g/mol. The first-order chi connectivity index (χ1) is 10.7. The molecule has 5 heteroatoms. The molecule has 0 saturated heterocycles. The molecule has 1 amide bonds. The SMILES string of the molecule is COc1cc(NC(=O)c2ccc(N)cc2)c2ncccc2c1. The van der Waals surface area contributed by atoms with Crippen LogP contribution in [-0.2, 0) is 0 Å². The van der Waals surface area contributed by atoms with Gasteiger partial charge in [-0.2, -0.15) is 0 Å². The summed E-state index contributed by atoms with van der Waals surface area (Å²) < 4.78 is 5.27. The van der Waals surface area contributed by atoms with E-state index in [1.807, 2.05) is 18.2 Å². The molecule has 22 heavy (non-hydrogen) atoms. The molecule has 3 N–H and O–H groups in total. The average molecular weight is 293 g/mol. The monoisotopic (exact) mass is 293 g/mol. The molecule has 0 aliphatic carbocycles. The summed E-state index contributed by atoms with van der Waals surface area (Å²) >= 11 is 0. The van der Waals surface area contributed by atoms with Crippen molar-refractivity contribution < 1.29 is 9.53 Å². The zero-order chi connectivity index (χ0) is 15.5. The second kappa shape index (κ2) is 5.73. The van der Waals surface area contributed by atoms with Crippen molar-refractivity contribution >= 4 is 28.2 Å². The number of nitrogens with zero attached hydrogens (tertiary/aromatic N) is 1. The van der Waals surface area contributed by atoms with Crippen LogP contribution >= 0.6 is 0 Å². The lowest BCUT2D eigenvalue weighted by Crippen LogP contribution is -2.12. The Balaban J connectivity index is 1.99. The highest BCUT2D eigenvalue weighted by Crippen LogP contribution is 2.28. The maximum absolute atomic E-state index is 12.3. The molecular formula is C17H15N3O2. The second-order valence-corrected chi connectivity index (χ2v) is 4.83. The normalized spacial score (nSPS) is 10.4. The molecule has 110 valence electrons. The molecule has 0 saturated carbocycles. The van der Waals surface area contributed by atoms with Crippen molar-refractivity contribution in [2.45, 2.75) is 0 Å². The molecule has 2 aromatic carbocycles. The number of amides is 1. The van der Waals surface area contributed by atoms with Gasteiger partial charge < -0.3 is 15.8 Å². The van der Waals surface area contributed by atoms with Crippen LogP contribution in [0.3, 0.4) is 0 Å². The number of nitrogens with one attached hydrogen (secondary N) is 1. The molecule has 1 aromatic heterocycles. The minimum atomic E-state index is -0.222. The topological polar surface area (TPSA) is 77.2 Å². The van der Waals surface area contributed by atoms with Crippen molar-refractivity contribution in [3.63, 3.8) is 0 Å². The van der Waals surface area contributed by atoms with Crippen LogP contribution in [0.1, 0.15) is 10.4 Å². The van der Waals surface area contributed by atoms with Crippen LogP contribution in [0, 0.1) is 0 Å². The summed E-state index contributed by atoms with van der Waals surface area (Å²) in [5.41, 5.74) is 8.10. The van der Waals surface area contributed by atoms with Gasteiger partial charge in [0.15, 0.2) is 0 Å². The largest absolute Gasteiger partial charge is 0.497 e. The predicted octanol–water partition coefficient (Wildman–Crippen LogP) is 3.08. The van der Waals surface area contributed by atoms with Crippen molar-refractivity contribution in [1.29, 1.82) is 0 Å². The van der Waals surface area contributed by atoms with Gasteiger partial charge in [0, 0.05) is 28.9 Å². The van der Waals surface area contributed by atoms with Gasteiger partial charge in [0.2, 0.25) is 0 Å². The van der Waals surface area contributed by atoms with Crippen LogP contribution in [0.15, 0.2) is 54.7 Å². The van der Waals surface area contributed by atoms with Crippen LogP contribution in [0.4, 0.5) is 11.4 Å². The number of fused-ring (bicyclic) bond motifs is 1. The molecule has 3 rings (SSSR count). The first-order valence-electron chi connectivity index (χ1n) is 6.77. The summed E-state index contributed by atoms with van der Waals surface area (Å²) in [7, 11) is 1.59. The Bertz CT molecular complexity index is 829. The average Bonchev–Trinajstić information content (AvgIpc) is 2.55. The van der Waals surface area contributed by atoms with Crippen LogP contribution in [0.25, 0.3) is 10.9 Å². The van der Waals surface area contributed by atoms with Crippen LogP contribution in [-0.4, -0.2) is 18.0 Å². The minimum absolute atomic E-state index is 0.222. The van der Waals surface area contributed by atoms with Crippen molar-refractivity contribution in [2.24, 2.45) is 0 Å². The third-order valence-electron chi connectivity index (χ3n) is 3.34. The van der Waals surface area contributed by atoms with Crippen molar-refractivity contribution in [3.8, 4) is 5.75 Å². The maximum Gasteiger partial charge on any atom is 0.255 e. The van der Waals surface area contributed by atoms with Crippen molar-refractivity contribution in [1.82, 2.24) is 4.98 Å². The zero-order valence-corrected chi connectivity index (χ0v) is 12.0. The number of benzene rings is 2. The third-order valence-corrected chi connectivity index (χ3v) is 3.34. The summed E-state index contributed by atoms with van der Waals surface area (Å²) in [4.78, 5) is 16.7. The number of rotatable bonds is 3.